The second-order valence-electron chi connectivity index (χ2n) is 4.90. The Morgan fingerprint density at radius 1 is 1.42 bits per heavy atom. The molecular formula is C12H13Cl2NO4. The van der Waals surface area contributed by atoms with E-state index in [0.29, 0.717) is 12.8 Å². The van der Waals surface area contributed by atoms with Crippen LogP contribution in [0.15, 0.2) is 12.2 Å². The molecule has 0 spiro atoms. The number of carbonyl (C=O) groups is 3. The van der Waals surface area contributed by atoms with Crippen LogP contribution in [-0.4, -0.2) is 44.6 Å². The number of imide groups is 1. The molecule has 5 nitrogen and oxygen atoms in total. The van der Waals surface area contributed by atoms with Crippen LogP contribution in [0.4, 0.5) is 0 Å². The van der Waals surface area contributed by atoms with Crippen LogP contribution >= 0.6 is 23.2 Å². The van der Waals surface area contributed by atoms with E-state index in [0.717, 1.165) is 4.90 Å². The first kappa shape index (κ1) is 14.3. The maximum Gasteiger partial charge on any atom is 0.326 e. The highest BCUT2D eigenvalue weighted by Gasteiger charge is 2.48. The molecular weight excluding hydrogens is 293 g/mol. The maximum atomic E-state index is 11.4. The van der Waals surface area contributed by atoms with Crippen LogP contribution in [-0.2, 0) is 14.4 Å². The lowest BCUT2D eigenvalue weighted by Gasteiger charge is -2.37. The van der Waals surface area contributed by atoms with Gasteiger partial charge in [-0.15, -0.1) is 23.2 Å². The molecule has 0 radical (unpaired) electrons. The first-order valence-electron chi connectivity index (χ1n) is 5.94. The highest BCUT2D eigenvalue weighted by molar-refractivity contribution is 6.40. The van der Waals surface area contributed by atoms with Crippen molar-refractivity contribution in [3.8, 4) is 0 Å². The van der Waals surface area contributed by atoms with Gasteiger partial charge in [0.05, 0.1) is 5.38 Å². The summed E-state index contributed by atoms with van der Waals surface area (Å²) in [7, 11) is 0. The zero-order chi connectivity index (χ0) is 14.2. The summed E-state index contributed by atoms with van der Waals surface area (Å²) in [5.74, 6) is -1.81. The monoisotopic (exact) mass is 305 g/mol. The molecule has 7 heteroatoms. The Morgan fingerprint density at radius 3 is 2.47 bits per heavy atom. The Kier molecular flexibility index (Phi) is 3.87. The molecule has 1 aliphatic heterocycles. The topological polar surface area (TPSA) is 74.7 Å². The second kappa shape index (κ2) is 5.13. The number of hydrogen-bond acceptors (Lipinski definition) is 3. The molecule has 19 heavy (non-hydrogen) atoms. The van der Waals surface area contributed by atoms with Crippen LogP contribution in [0.3, 0.4) is 0 Å². The third kappa shape index (κ3) is 2.62. The molecule has 0 aromatic heterocycles. The van der Waals surface area contributed by atoms with Gasteiger partial charge in [-0.25, -0.2) is 0 Å². The van der Waals surface area contributed by atoms with Crippen molar-refractivity contribution in [3.63, 3.8) is 0 Å². The van der Waals surface area contributed by atoms with Gasteiger partial charge in [0.1, 0.15) is 0 Å². The average molecular weight is 306 g/mol. The van der Waals surface area contributed by atoms with Crippen LogP contribution in [0.1, 0.15) is 19.3 Å². The fourth-order valence-electron chi connectivity index (χ4n) is 2.44. The summed E-state index contributed by atoms with van der Waals surface area (Å²) in [4.78, 5) is 33.7. The largest absolute Gasteiger partial charge is 0.480 e. The molecule has 104 valence electrons. The third-order valence-electron chi connectivity index (χ3n) is 3.65. The minimum absolute atomic E-state index is 0.0125. The van der Waals surface area contributed by atoms with Crippen molar-refractivity contribution < 1.29 is 19.5 Å². The van der Waals surface area contributed by atoms with Crippen molar-refractivity contribution >= 4 is 41.0 Å². The van der Waals surface area contributed by atoms with E-state index in [-0.39, 0.29) is 30.7 Å². The Labute approximate surface area is 120 Å². The van der Waals surface area contributed by atoms with E-state index in [1.165, 1.54) is 12.2 Å². The molecule has 0 bridgehead atoms. The van der Waals surface area contributed by atoms with Crippen LogP contribution in [0.2, 0.25) is 0 Å². The number of halogens is 2. The molecule has 2 aliphatic rings. The van der Waals surface area contributed by atoms with E-state index in [4.69, 9.17) is 28.3 Å². The fraction of sp³-hybridized carbons (Fsp3) is 0.583. The molecule has 1 heterocycles. The summed E-state index contributed by atoms with van der Waals surface area (Å²) in [6.45, 7) is 0.264. The lowest BCUT2D eigenvalue weighted by molar-refractivity contribution is -0.142. The Morgan fingerprint density at radius 2 is 2.00 bits per heavy atom. The maximum absolute atomic E-state index is 11.4. The van der Waals surface area contributed by atoms with Gasteiger partial charge in [-0.3, -0.25) is 19.3 Å². The molecule has 3 atom stereocenters. The zero-order valence-electron chi connectivity index (χ0n) is 10.0. The number of carbonyl (C=O) groups excluding carboxylic acids is 2. The first-order chi connectivity index (χ1) is 8.84. The summed E-state index contributed by atoms with van der Waals surface area (Å²) in [5, 5.41) is 8.36. The number of alkyl halides is 2. The third-order valence-corrected chi connectivity index (χ3v) is 4.93. The van der Waals surface area contributed by atoms with Gasteiger partial charge in [0.2, 0.25) is 0 Å². The predicted molar refractivity (Wildman–Crippen MR) is 69.1 cm³/mol. The van der Waals surface area contributed by atoms with E-state index in [9.17, 15) is 14.4 Å². The van der Waals surface area contributed by atoms with Gasteiger partial charge in [-0.05, 0) is 25.2 Å². The average Bonchev–Trinajstić information content (AvgIpc) is 2.65. The van der Waals surface area contributed by atoms with Gasteiger partial charge in [0, 0.05) is 18.7 Å². The van der Waals surface area contributed by atoms with Crippen molar-refractivity contribution in [2.45, 2.75) is 29.5 Å². The van der Waals surface area contributed by atoms with Gasteiger partial charge in [0.15, 0.2) is 4.87 Å². The zero-order valence-corrected chi connectivity index (χ0v) is 11.5. The minimum Gasteiger partial charge on any atom is -0.480 e. The van der Waals surface area contributed by atoms with Gasteiger partial charge in [0.25, 0.3) is 11.8 Å². The normalized spacial score (nSPS) is 34.9. The van der Waals surface area contributed by atoms with Crippen molar-refractivity contribution in [1.29, 1.82) is 0 Å². The van der Waals surface area contributed by atoms with E-state index in [1.807, 2.05) is 0 Å². The first-order valence-corrected chi connectivity index (χ1v) is 6.76. The van der Waals surface area contributed by atoms with Gasteiger partial charge in [-0.2, -0.15) is 0 Å². The number of aliphatic carboxylic acids is 1. The fourth-order valence-corrected chi connectivity index (χ4v) is 3.10. The highest BCUT2D eigenvalue weighted by atomic mass is 35.5. The molecule has 3 unspecified atom stereocenters. The van der Waals surface area contributed by atoms with Crippen molar-refractivity contribution in [1.82, 2.24) is 4.90 Å². The molecule has 0 saturated heterocycles. The predicted octanol–water partition coefficient (Wildman–Crippen LogP) is 1.38. The lowest BCUT2D eigenvalue weighted by Crippen LogP contribution is -2.48. The summed E-state index contributed by atoms with van der Waals surface area (Å²) >= 11 is 12.1. The number of nitrogens with zero attached hydrogens (tertiary/aromatic N) is 1. The van der Waals surface area contributed by atoms with Crippen LogP contribution in [0.5, 0.6) is 0 Å². The van der Waals surface area contributed by atoms with Crippen LogP contribution < -0.4 is 0 Å². The number of hydrogen-bond donors (Lipinski definition) is 1. The second-order valence-corrected chi connectivity index (χ2v) is 6.10. The quantitative estimate of drug-likeness (QED) is 0.631. The summed E-state index contributed by atoms with van der Waals surface area (Å²) in [6, 6.07) is 0. The SMILES string of the molecule is O=C1C=CC(=O)N1CC1CCC(Cl)(C(=O)O)C(Cl)C1. The van der Waals surface area contributed by atoms with Gasteiger partial charge >= 0.3 is 5.97 Å². The van der Waals surface area contributed by atoms with E-state index in [2.05, 4.69) is 0 Å². The molecule has 0 aromatic rings. The van der Waals surface area contributed by atoms with Gasteiger partial charge < -0.3 is 5.11 Å². The summed E-state index contributed by atoms with van der Waals surface area (Å²) < 4.78 is 0. The van der Waals surface area contributed by atoms with Crippen molar-refractivity contribution in [3.05, 3.63) is 12.2 Å². The van der Waals surface area contributed by atoms with Crippen LogP contribution in [0.25, 0.3) is 0 Å². The molecule has 1 aliphatic carbocycles. The Balaban J connectivity index is 1.98. The van der Waals surface area contributed by atoms with Crippen LogP contribution in [0, 0.1) is 5.92 Å². The minimum atomic E-state index is -1.45. The molecule has 1 fully saturated rings. The molecule has 0 aromatic carbocycles. The highest BCUT2D eigenvalue weighted by Crippen LogP contribution is 2.41. The summed E-state index contributed by atoms with van der Waals surface area (Å²) in [6.07, 6.45) is 3.58. The van der Waals surface area contributed by atoms with E-state index in [1.54, 1.807) is 0 Å². The molecule has 1 saturated carbocycles. The Bertz CT molecular complexity index is 447. The number of rotatable bonds is 3. The van der Waals surface area contributed by atoms with E-state index >= 15 is 0 Å². The Hall–Kier alpha value is -1.07. The van der Waals surface area contributed by atoms with Gasteiger partial charge in [-0.1, -0.05) is 0 Å². The number of carboxylic acid groups (broad SMARTS) is 1. The van der Waals surface area contributed by atoms with Crippen molar-refractivity contribution in [2.24, 2.45) is 5.92 Å². The smallest absolute Gasteiger partial charge is 0.326 e. The number of amides is 2. The van der Waals surface area contributed by atoms with E-state index < -0.39 is 16.2 Å². The lowest BCUT2D eigenvalue weighted by atomic mass is 9.80. The summed E-state index contributed by atoms with van der Waals surface area (Å²) in [5.41, 5.74) is 0. The molecule has 2 rings (SSSR count). The standard InChI is InChI=1S/C12H13Cl2NO4/c13-8-5-7(3-4-12(8,14)11(18)19)6-15-9(16)1-2-10(15)17/h1-2,7-8H,3-6H2,(H,18,19). The number of carboxylic acids is 1. The molecule has 1 N–H and O–H groups in total. The van der Waals surface area contributed by atoms with Crippen molar-refractivity contribution in [2.75, 3.05) is 6.54 Å². The molecule has 2 amide bonds.